The lowest BCUT2D eigenvalue weighted by Crippen LogP contribution is -1.95. The van der Waals surface area contributed by atoms with E-state index in [2.05, 4.69) is 13.8 Å². The molecule has 0 bridgehead atoms. The highest BCUT2D eigenvalue weighted by atomic mass is 19.1. The summed E-state index contributed by atoms with van der Waals surface area (Å²) in [5.74, 6) is 0.793. The normalized spacial score (nSPS) is 13.8. The molecule has 0 saturated carbocycles. The standard InChI is InChI=1S/C18H21FO2/c1-4-12(2)14-5-8-16(9-6-14)21-18-10-7-15(13(3)20)11-17(18)19/h5-13,20H,4H2,1-3H3. The van der Waals surface area contributed by atoms with Crippen molar-refractivity contribution in [3.8, 4) is 11.5 Å². The minimum Gasteiger partial charge on any atom is -0.454 e. The molecule has 2 atom stereocenters. The molecule has 112 valence electrons. The van der Waals surface area contributed by atoms with Gasteiger partial charge in [0.25, 0.3) is 0 Å². The third kappa shape index (κ3) is 3.82. The van der Waals surface area contributed by atoms with Gasteiger partial charge in [0.15, 0.2) is 11.6 Å². The Kier molecular flexibility index (Phi) is 4.97. The van der Waals surface area contributed by atoms with E-state index in [1.807, 2.05) is 24.3 Å². The summed E-state index contributed by atoms with van der Waals surface area (Å²) in [4.78, 5) is 0. The van der Waals surface area contributed by atoms with Crippen molar-refractivity contribution >= 4 is 0 Å². The van der Waals surface area contributed by atoms with Crippen LogP contribution in [0.3, 0.4) is 0 Å². The number of ether oxygens (including phenoxy) is 1. The summed E-state index contributed by atoms with van der Waals surface area (Å²) >= 11 is 0. The van der Waals surface area contributed by atoms with E-state index >= 15 is 0 Å². The second-order valence-electron chi connectivity index (χ2n) is 5.35. The van der Waals surface area contributed by atoms with Gasteiger partial charge in [0.05, 0.1) is 6.10 Å². The lowest BCUT2D eigenvalue weighted by Gasteiger charge is -2.12. The third-order valence-corrected chi connectivity index (χ3v) is 3.73. The second kappa shape index (κ2) is 6.72. The maximum Gasteiger partial charge on any atom is 0.166 e. The highest BCUT2D eigenvalue weighted by Crippen LogP contribution is 2.28. The highest BCUT2D eigenvalue weighted by Gasteiger charge is 2.09. The zero-order valence-corrected chi connectivity index (χ0v) is 12.6. The molecule has 0 aromatic heterocycles. The number of hydrogen-bond acceptors (Lipinski definition) is 2. The van der Waals surface area contributed by atoms with Crippen molar-refractivity contribution < 1.29 is 14.2 Å². The summed E-state index contributed by atoms with van der Waals surface area (Å²) in [6.07, 6.45) is 0.388. The molecule has 2 rings (SSSR count). The molecule has 0 aliphatic rings. The fourth-order valence-corrected chi connectivity index (χ4v) is 2.09. The van der Waals surface area contributed by atoms with Crippen LogP contribution in [-0.2, 0) is 0 Å². The van der Waals surface area contributed by atoms with Crippen molar-refractivity contribution in [3.63, 3.8) is 0 Å². The molecule has 2 aromatic carbocycles. The lowest BCUT2D eigenvalue weighted by atomic mass is 9.99. The minimum absolute atomic E-state index is 0.163. The van der Waals surface area contributed by atoms with Gasteiger partial charge < -0.3 is 9.84 Å². The van der Waals surface area contributed by atoms with Crippen LogP contribution in [0.1, 0.15) is 50.3 Å². The quantitative estimate of drug-likeness (QED) is 0.821. The van der Waals surface area contributed by atoms with Gasteiger partial charge >= 0.3 is 0 Å². The summed E-state index contributed by atoms with van der Waals surface area (Å²) < 4.78 is 19.5. The molecule has 0 spiro atoms. The Morgan fingerprint density at radius 2 is 1.67 bits per heavy atom. The number of benzene rings is 2. The van der Waals surface area contributed by atoms with Crippen molar-refractivity contribution in [2.24, 2.45) is 0 Å². The smallest absolute Gasteiger partial charge is 0.166 e. The minimum atomic E-state index is -0.691. The second-order valence-corrected chi connectivity index (χ2v) is 5.35. The molecular weight excluding hydrogens is 267 g/mol. The topological polar surface area (TPSA) is 29.5 Å². The lowest BCUT2D eigenvalue weighted by molar-refractivity contribution is 0.198. The molecule has 0 aliphatic carbocycles. The SMILES string of the molecule is CCC(C)c1ccc(Oc2ccc(C(C)O)cc2F)cc1. The fraction of sp³-hybridized carbons (Fsp3) is 0.333. The summed E-state index contributed by atoms with van der Waals surface area (Å²) in [6, 6.07) is 12.2. The van der Waals surface area contributed by atoms with Crippen LogP contribution < -0.4 is 4.74 Å². The van der Waals surface area contributed by atoms with E-state index in [1.165, 1.54) is 11.6 Å². The van der Waals surface area contributed by atoms with E-state index in [-0.39, 0.29) is 5.75 Å². The van der Waals surface area contributed by atoms with Gasteiger partial charge in [-0.1, -0.05) is 32.0 Å². The predicted molar refractivity (Wildman–Crippen MR) is 82.3 cm³/mol. The average molecular weight is 288 g/mol. The van der Waals surface area contributed by atoms with E-state index in [0.717, 1.165) is 6.42 Å². The molecule has 0 saturated heterocycles. The van der Waals surface area contributed by atoms with Gasteiger partial charge in [-0.15, -0.1) is 0 Å². The molecule has 3 heteroatoms. The van der Waals surface area contributed by atoms with Crippen molar-refractivity contribution in [1.82, 2.24) is 0 Å². The van der Waals surface area contributed by atoms with Crippen LogP contribution in [0.2, 0.25) is 0 Å². The van der Waals surface area contributed by atoms with Crippen LogP contribution in [0.25, 0.3) is 0 Å². The number of aliphatic hydroxyl groups is 1. The third-order valence-electron chi connectivity index (χ3n) is 3.73. The Balaban J connectivity index is 2.15. The van der Waals surface area contributed by atoms with Gasteiger partial charge in [-0.25, -0.2) is 4.39 Å². The predicted octanol–water partition coefficient (Wildman–Crippen LogP) is 5.18. The van der Waals surface area contributed by atoms with E-state index in [4.69, 9.17) is 4.74 Å². The molecular formula is C18H21FO2. The van der Waals surface area contributed by atoms with Crippen LogP contribution in [0.5, 0.6) is 11.5 Å². The van der Waals surface area contributed by atoms with E-state index in [9.17, 15) is 9.50 Å². The summed E-state index contributed by atoms with van der Waals surface area (Å²) in [5.41, 5.74) is 1.78. The van der Waals surface area contributed by atoms with Crippen molar-refractivity contribution in [2.45, 2.75) is 39.2 Å². The van der Waals surface area contributed by atoms with E-state index < -0.39 is 11.9 Å². The number of rotatable bonds is 5. The monoisotopic (exact) mass is 288 g/mol. The summed E-state index contributed by atoms with van der Waals surface area (Å²) in [7, 11) is 0. The van der Waals surface area contributed by atoms with Crippen molar-refractivity contribution in [1.29, 1.82) is 0 Å². The maximum absolute atomic E-state index is 13.9. The molecule has 0 heterocycles. The summed E-state index contributed by atoms with van der Waals surface area (Å²) in [6.45, 7) is 5.92. The van der Waals surface area contributed by atoms with E-state index in [1.54, 1.807) is 19.1 Å². The Bertz CT molecular complexity index is 591. The van der Waals surface area contributed by atoms with Crippen molar-refractivity contribution in [3.05, 3.63) is 59.4 Å². The van der Waals surface area contributed by atoms with Crippen LogP contribution in [-0.4, -0.2) is 5.11 Å². The molecule has 21 heavy (non-hydrogen) atoms. The molecule has 0 aliphatic heterocycles. The molecule has 2 unspecified atom stereocenters. The van der Waals surface area contributed by atoms with E-state index in [0.29, 0.717) is 17.2 Å². The highest BCUT2D eigenvalue weighted by molar-refractivity contribution is 5.36. The number of halogens is 1. The molecule has 0 fully saturated rings. The van der Waals surface area contributed by atoms with Crippen LogP contribution in [0.4, 0.5) is 4.39 Å². The first-order valence-electron chi connectivity index (χ1n) is 7.26. The molecule has 1 N–H and O–H groups in total. The Labute approximate surface area is 125 Å². The molecule has 0 radical (unpaired) electrons. The number of hydrogen-bond donors (Lipinski definition) is 1. The Morgan fingerprint density at radius 3 is 2.19 bits per heavy atom. The van der Waals surface area contributed by atoms with Gasteiger partial charge in [0.1, 0.15) is 5.75 Å². The molecule has 2 nitrogen and oxygen atoms in total. The summed E-state index contributed by atoms with van der Waals surface area (Å²) in [5, 5.41) is 9.43. The largest absolute Gasteiger partial charge is 0.454 e. The first-order chi connectivity index (χ1) is 10.0. The first-order valence-corrected chi connectivity index (χ1v) is 7.26. The maximum atomic E-state index is 13.9. The van der Waals surface area contributed by atoms with Gasteiger partial charge in [0.2, 0.25) is 0 Å². The zero-order chi connectivity index (χ0) is 15.4. The molecule has 0 amide bonds. The number of aliphatic hydroxyl groups excluding tert-OH is 1. The van der Waals surface area contributed by atoms with Gasteiger partial charge in [-0.05, 0) is 54.7 Å². The fourth-order valence-electron chi connectivity index (χ4n) is 2.09. The van der Waals surface area contributed by atoms with Crippen LogP contribution in [0, 0.1) is 5.82 Å². The van der Waals surface area contributed by atoms with Crippen LogP contribution in [0.15, 0.2) is 42.5 Å². The first kappa shape index (κ1) is 15.5. The Hall–Kier alpha value is -1.87. The van der Waals surface area contributed by atoms with Gasteiger partial charge in [0, 0.05) is 0 Å². The average Bonchev–Trinajstić information content (AvgIpc) is 2.49. The van der Waals surface area contributed by atoms with Gasteiger partial charge in [-0.2, -0.15) is 0 Å². The van der Waals surface area contributed by atoms with Gasteiger partial charge in [-0.3, -0.25) is 0 Å². The Morgan fingerprint density at radius 1 is 1.05 bits per heavy atom. The van der Waals surface area contributed by atoms with Crippen LogP contribution >= 0.6 is 0 Å². The zero-order valence-electron chi connectivity index (χ0n) is 12.6. The van der Waals surface area contributed by atoms with Crippen molar-refractivity contribution in [2.75, 3.05) is 0 Å². The molecule has 2 aromatic rings.